The number of nitrogens with zero attached hydrogens (tertiary/aromatic N) is 1. The van der Waals surface area contributed by atoms with E-state index in [1.54, 1.807) is 0 Å². The fraction of sp³-hybridized carbons (Fsp3) is 0.312. The summed E-state index contributed by atoms with van der Waals surface area (Å²) >= 11 is 7.46. The second kappa shape index (κ2) is 8.80. The van der Waals surface area contributed by atoms with Crippen LogP contribution in [-0.4, -0.2) is 61.1 Å². The number of ether oxygens (including phenoxy) is 1. The van der Waals surface area contributed by atoms with Crippen LogP contribution >= 0.6 is 22.9 Å². The number of nitrogens with one attached hydrogen (secondary N) is 1. The molecule has 2 N–H and O–H groups in total. The molecule has 0 aliphatic rings. The van der Waals surface area contributed by atoms with Gasteiger partial charge in [-0.05, 0) is 6.07 Å². The number of carbonyl (C=O) groups is 3. The number of thiophene rings is 1. The zero-order valence-corrected chi connectivity index (χ0v) is 15.0. The molecule has 1 aromatic carbocycles. The molecule has 2 aromatic rings. The van der Waals surface area contributed by atoms with Crippen LogP contribution in [0.2, 0.25) is 5.02 Å². The van der Waals surface area contributed by atoms with Crippen LogP contribution in [0.4, 0.5) is 0 Å². The van der Waals surface area contributed by atoms with E-state index in [0.717, 1.165) is 15.0 Å². The molecule has 2 rings (SSSR count). The second-order valence-corrected chi connectivity index (χ2v) is 6.56. The summed E-state index contributed by atoms with van der Waals surface area (Å²) in [6.45, 7) is -0.446. The average molecular weight is 385 g/mol. The number of fused-ring (bicyclic) bond motifs is 1. The smallest absolute Gasteiger partial charge is 0.323 e. The van der Waals surface area contributed by atoms with Gasteiger partial charge in [0.25, 0.3) is 5.91 Å². The van der Waals surface area contributed by atoms with Crippen molar-refractivity contribution in [1.29, 1.82) is 0 Å². The summed E-state index contributed by atoms with van der Waals surface area (Å²) in [7, 11) is 1.45. The minimum Gasteiger partial charge on any atom is -0.480 e. The van der Waals surface area contributed by atoms with Crippen molar-refractivity contribution in [3.05, 3.63) is 34.2 Å². The van der Waals surface area contributed by atoms with Crippen molar-refractivity contribution < 1.29 is 24.2 Å². The maximum absolute atomic E-state index is 12.3. The Bertz CT molecular complexity index is 792. The standard InChI is InChI=1S/C16H17ClN2O5S/c1-24-7-6-19(9-13(21)22)12(20)8-18-16(23)15-14(17)10-4-2-3-5-11(10)25-15/h2-5H,6-9H2,1H3,(H,18,23)(H,21,22). The number of benzene rings is 1. The number of aliphatic carboxylic acids is 1. The lowest BCUT2D eigenvalue weighted by molar-refractivity contribution is -0.144. The van der Waals surface area contributed by atoms with Crippen LogP contribution in [0.1, 0.15) is 9.67 Å². The Morgan fingerprint density at radius 3 is 2.68 bits per heavy atom. The molecule has 0 atom stereocenters. The molecule has 0 saturated carbocycles. The van der Waals surface area contributed by atoms with E-state index in [1.807, 2.05) is 24.3 Å². The van der Waals surface area contributed by atoms with E-state index in [2.05, 4.69) is 5.32 Å². The fourth-order valence-corrected chi connectivity index (χ4v) is 3.60. The second-order valence-electron chi connectivity index (χ2n) is 5.13. The summed E-state index contributed by atoms with van der Waals surface area (Å²) in [5.41, 5.74) is 0. The van der Waals surface area contributed by atoms with Crippen molar-refractivity contribution in [3.8, 4) is 0 Å². The van der Waals surface area contributed by atoms with Gasteiger partial charge in [-0.1, -0.05) is 29.8 Å². The molecule has 0 fully saturated rings. The number of carboxylic acids is 1. The topological polar surface area (TPSA) is 95.9 Å². The number of halogens is 1. The molecule has 0 saturated heterocycles. The van der Waals surface area contributed by atoms with Gasteiger partial charge in [-0.3, -0.25) is 14.4 Å². The maximum Gasteiger partial charge on any atom is 0.323 e. The lowest BCUT2D eigenvalue weighted by Crippen LogP contribution is -2.43. The Morgan fingerprint density at radius 1 is 1.32 bits per heavy atom. The highest BCUT2D eigenvalue weighted by Crippen LogP contribution is 2.34. The first-order chi connectivity index (χ1) is 11.9. The Labute approximate surface area is 153 Å². The van der Waals surface area contributed by atoms with Crippen molar-refractivity contribution in [1.82, 2.24) is 10.2 Å². The summed E-state index contributed by atoms with van der Waals surface area (Å²) in [5.74, 6) is -2.12. The number of hydrogen-bond donors (Lipinski definition) is 2. The van der Waals surface area contributed by atoms with Gasteiger partial charge >= 0.3 is 5.97 Å². The van der Waals surface area contributed by atoms with E-state index in [0.29, 0.717) is 9.90 Å². The van der Waals surface area contributed by atoms with E-state index in [-0.39, 0.29) is 19.7 Å². The van der Waals surface area contributed by atoms with E-state index < -0.39 is 24.3 Å². The minimum absolute atomic E-state index is 0.126. The highest BCUT2D eigenvalue weighted by molar-refractivity contribution is 7.21. The number of carboxylic acid groups (broad SMARTS) is 1. The van der Waals surface area contributed by atoms with Gasteiger partial charge in [0, 0.05) is 23.7 Å². The predicted octanol–water partition coefficient (Wildman–Crippen LogP) is 1.84. The summed E-state index contributed by atoms with van der Waals surface area (Å²) < 4.78 is 5.73. The summed E-state index contributed by atoms with van der Waals surface area (Å²) in [6, 6.07) is 7.34. The summed E-state index contributed by atoms with van der Waals surface area (Å²) in [5, 5.41) is 12.5. The van der Waals surface area contributed by atoms with Crippen molar-refractivity contribution in [2.45, 2.75) is 0 Å². The molecule has 7 nitrogen and oxygen atoms in total. The van der Waals surface area contributed by atoms with Gasteiger partial charge < -0.3 is 20.1 Å². The van der Waals surface area contributed by atoms with Gasteiger partial charge in [0.2, 0.25) is 5.91 Å². The molecular formula is C16H17ClN2O5S. The lowest BCUT2D eigenvalue weighted by atomic mass is 10.2. The van der Waals surface area contributed by atoms with E-state index in [4.69, 9.17) is 21.4 Å². The Balaban J connectivity index is 2.02. The van der Waals surface area contributed by atoms with Crippen molar-refractivity contribution in [3.63, 3.8) is 0 Å². The quantitative estimate of drug-likeness (QED) is 0.724. The SMILES string of the molecule is COCCN(CC(=O)O)C(=O)CNC(=O)c1sc2ccccc2c1Cl. The zero-order chi connectivity index (χ0) is 18.4. The summed E-state index contributed by atoms with van der Waals surface area (Å²) in [6.07, 6.45) is 0. The maximum atomic E-state index is 12.3. The molecule has 1 aromatic heterocycles. The third-order valence-electron chi connectivity index (χ3n) is 3.39. The first-order valence-electron chi connectivity index (χ1n) is 7.37. The largest absolute Gasteiger partial charge is 0.480 e. The number of amides is 2. The Kier molecular flexibility index (Phi) is 6.74. The molecule has 1 heterocycles. The van der Waals surface area contributed by atoms with Gasteiger partial charge in [-0.15, -0.1) is 11.3 Å². The molecule has 0 aliphatic heterocycles. The first-order valence-corrected chi connectivity index (χ1v) is 8.57. The molecule has 25 heavy (non-hydrogen) atoms. The van der Waals surface area contributed by atoms with Crippen molar-refractivity contribution in [2.75, 3.05) is 33.4 Å². The highest BCUT2D eigenvalue weighted by Gasteiger charge is 2.20. The fourth-order valence-electron chi connectivity index (χ4n) is 2.16. The molecule has 0 aliphatic carbocycles. The molecule has 0 bridgehead atoms. The first kappa shape index (κ1) is 19.2. The van der Waals surface area contributed by atoms with E-state index >= 15 is 0 Å². The number of methoxy groups -OCH3 is 1. The van der Waals surface area contributed by atoms with Crippen LogP contribution < -0.4 is 5.32 Å². The van der Waals surface area contributed by atoms with Gasteiger partial charge in [0.1, 0.15) is 11.4 Å². The third-order valence-corrected chi connectivity index (χ3v) is 5.06. The zero-order valence-electron chi connectivity index (χ0n) is 13.5. The summed E-state index contributed by atoms with van der Waals surface area (Å²) in [4.78, 5) is 36.7. The van der Waals surface area contributed by atoms with E-state index in [9.17, 15) is 14.4 Å². The third kappa shape index (κ3) is 4.91. The molecule has 2 amide bonds. The predicted molar refractivity (Wildman–Crippen MR) is 95.3 cm³/mol. The minimum atomic E-state index is -1.14. The van der Waals surface area contributed by atoms with Gasteiger partial charge in [0.15, 0.2) is 0 Å². The van der Waals surface area contributed by atoms with E-state index in [1.165, 1.54) is 18.4 Å². The van der Waals surface area contributed by atoms with Gasteiger partial charge in [0.05, 0.1) is 18.2 Å². The number of hydrogen-bond acceptors (Lipinski definition) is 5. The van der Waals surface area contributed by atoms with Crippen LogP contribution in [0.25, 0.3) is 10.1 Å². The molecule has 9 heteroatoms. The lowest BCUT2D eigenvalue weighted by Gasteiger charge is -2.20. The van der Waals surface area contributed by atoms with Gasteiger partial charge in [-0.25, -0.2) is 0 Å². The highest BCUT2D eigenvalue weighted by atomic mass is 35.5. The number of carbonyl (C=O) groups excluding carboxylic acids is 2. The molecule has 0 unspecified atom stereocenters. The average Bonchev–Trinajstić information content (AvgIpc) is 2.93. The molecule has 0 spiro atoms. The van der Waals surface area contributed by atoms with Crippen LogP contribution in [0.15, 0.2) is 24.3 Å². The number of rotatable bonds is 8. The Hall–Kier alpha value is -2.16. The van der Waals surface area contributed by atoms with Crippen molar-refractivity contribution >= 4 is 50.8 Å². The molecule has 0 radical (unpaired) electrons. The normalized spacial score (nSPS) is 10.6. The van der Waals surface area contributed by atoms with Crippen LogP contribution in [0, 0.1) is 0 Å². The van der Waals surface area contributed by atoms with Crippen LogP contribution in [0.3, 0.4) is 0 Å². The van der Waals surface area contributed by atoms with Crippen molar-refractivity contribution in [2.24, 2.45) is 0 Å². The van der Waals surface area contributed by atoms with Crippen LogP contribution in [-0.2, 0) is 14.3 Å². The molecule has 134 valence electrons. The monoisotopic (exact) mass is 384 g/mol. The van der Waals surface area contributed by atoms with Crippen LogP contribution in [0.5, 0.6) is 0 Å². The Morgan fingerprint density at radius 2 is 2.04 bits per heavy atom. The van der Waals surface area contributed by atoms with Gasteiger partial charge in [-0.2, -0.15) is 0 Å². The molecular weight excluding hydrogens is 368 g/mol.